The van der Waals surface area contributed by atoms with E-state index in [0.717, 1.165) is 6.26 Å². The second-order valence-electron chi connectivity index (χ2n) is 2.75. The van der Waals surface area contributed by atoms with E-state index < -0.39 is 22.2 Å². The molecule has 0 spiro atoms. The third-order valence-corrected chi connectivity index (χ3v) is 1.72. The molecule has 0 heterocycles. The molecule has 0 saturated heterocycles. The third-order valence-electron chi connectivity index (χ3n) is 1.06. The predicted molar refractivity (Wildman–Crippen MR) is 40.6 cm³/mol. The maximum absolute atomic E-state index is 10.5. The molecule has 0 aromatic carbocycles. The van der Waals surface area contributed by atoms with Crippen LogP contribution in [0.2, 0.25) is 0 Å². The molecule has 0 saturated carbocycles. The van der Waals surface area contributed by atoms with Crippen molar-refractivity contribution in [2.45, 2.75) is 12.5 Å². The van der Waals surface area contributed by atoms with Gasteiger partial charge in [-0.3, -0.25) is 0 Å². The van der Waals surface area contributed by atoms with Crippen molar-refractivity contribution in [1.29, 1.82) is 0 Å². The fourth-order valence-electron chi connectivity index (χ4n) is 0.342. The van der Waals surface area contributed by atoms with Crippen LogP contribution in [0.3, 0.4) is 0 Å². The summed E-state index contributed by atoms with van der Waals surface area (Å²) in [6, 6.07) is 0. The Balaban J connectivity index is 3.90. The van der Waals surface area contributed by atoms with Gasteiger partial charge in [-0.05, 0) is 6.92 Å². The summed E-state index contributed by atoms with van der Waals surface area (Å²) in [7, 11) is -3.29. The Labute approximate surface area is 66.1 Å². The average Bonchev–Trinajstić information content (AvgIpc) is 1.83. The molecule has 0 aliphatic rings. The summed E-state index contributed by atoms with van der Waals surface area (Å²) < 4.78 is 23.1. The molecule has 6 heteroatoms. The number of hydrogen-bond acceptors (Lipinski definition) is 4. The summed E-state index contributed by atoms with van der Waals surface area (Å²) in [6.07, 6.45) is 0.987. The summed E-state index contributed by atoms with van der Waals surface area (Å²) >= 11 is 0. The molecule has 5 nitrogen and oxygen atoms in total. The molecule has 0 aromatic rings. The van der Waals surface area contributed by atoms with Crippen molar-refractivity contribution in [1.82, 2.24) is 4.72 Å². The summed E-state index contributed by atoms with van der Waals surface area (Å²) in [5.74, 6) is 0. The van der Waals surface area contributed by atoms with Gasteiger partial charge in [-0.25, -0.2) is 13.1 Å². The molecule has 0 aliphatic carbocycles. The van der Waals surface area contributed by atoms with Gasteiger partial charge in [0.15, 0.2) is 0 Å². The number of nitrogens with one attached hydrogen (secondary N) is 1. The van der Waals surface area contributed by atoms with E-state index in [1.54, 1.807) is 0 Å². The van der Waals surface area contributed by atoms with Crippen molar-refractivity contribution in [3.05, 3.63) is 0 Å². The maximum atomic E-state index is 10.5. The molecule has 1 unspecified atom stereocenters. The van der Waals surface area contributed by atoms with Crippen molar-refractivity contribution in [3.8, 4) is 0 Å². The molecule has 0 amide bonds. The first-order valence-corrected chi connectivity index (χ1v) is 4.94. The first kappa shape index (κ1) is 10.8. The highest BCUT2D eigenvalue weighted by atomic mass is 32.2. The van der Waals surface area contributed by atoms with E-state index in [1.165, 1.54) is 6.92 Å². The monoisotopic (exact) mass is 183 g/mol. The molecule has 3 N–H and O–H groups in total. The van der Waals surface area contributed by atoms with Crippen LogP contribution in [-0.4, -0.2) is 43.6 Å². The molecule has 0 radical (unpaired) electrons. The highest BCUT2D eigenvalue weighted by Gasteiger charge is 2.20. The van der Waals surface area contributed by atoms with Gasteiger partial charge in [-0.1, -0.05) is 0 Å². The minimum Gasteiger partial charge on any atom is -0.393 e. The van der Waals surface area contributed by atoms with E-state index in [9.17, 15) is 8.42 Å². The van der Waals surface area contributed by atoms with Crippen LogP contribution in [0.1, 0.15) is 6.92 Å². The molecular formula is C5H13NO4S. The lowest BCUT2D eigenvalue weighted by atomic mass is 10.1. The standard InChI is InChI=1S/C5H13NO4S/c1-5(8,4-7)3-6-11(2,9)10/h6-8H,3-4H2,1-2H3. The van der Waals surface area contributed by atoms with E-state index in [0.29, 0.717) is 0 Å². The Morgan fingerprint density at radius 3 is 2.27 bits per heavy atom. The second-order valence-corrected chi connectivity index (χ2v) is 4.58. The van der Waals surface area contributed by atoms with E-state index in [1.807, 2.05) is 0 Å². The largest absolute Gasteiger partial charge is 0.393 e. The molecular weight excluding hydrogens is 170 g/mol. The number of aliphatic hydroxyl groups excluding tert-OH is 1. The molecule has 1 atom stereocenters. The number of sulfonamides is 1. The van der Waals surface area contributed by atoms with Crippen LogP contribution in [0.4, 0.5) is 0 Å². The lowest BCUT2D eigenvalue weighted by molar-refractivity contribution is 0.00684. The normalized spacial score (nSPS) is 17.8. The van der Waals surface area contributed by atoms with E-state index >= 15 is 0 Å². The first-order chi connectivity index (χ1) is 4.77. The van der Waals surface area contributed by atoms with Gasteiger partial charge >= 0.3 is 0 Å². The zero-order valence-electron chi connectivity index (χ0n) is 6.53. The molecule has 68 valence electrons. The minimum atomic E-state index is -3.29. The topological polar surface area (TPSA) is 86.6 Å². The van der Waals surface area contributed by atoms with Crippen molar-refractivity contribution < 1.29 is 18.6 Å². The Bertz CT molecular complexity index is 209. The van der Waals surface area contributed by atoms with Crippen LogP contribution in [-0.2, 0) is 10.0 Å². The zero-order valence-corrected chi connectivity index (χ0v) is 7.35. The Morgan fingerprint density at radius 2 is 2.00 bits per heavy atom. The highest BCUT2D eigenvalue weighted by Crippen LogP contribution is 1.98. The van der Waals surface area contributed by atoms with Gasteiger partial charge in [-0.15, -0.1) is 0 Å². The molecule has 11 heavy (non-hydrogen) atoms. The highest BCUT2D eigenvalue weighted by molar-refractivity contribution is 7.88. The second kappa shape index (κ2) is 3.48. The lowest BCUT2D eigenvalue weighted by Gasteiger charge is -2.19. The molecule has 0 fully saturated rings. The van der Waals surface area contributed by atoms with Gasteiger partial charge in [0, 0.05) is 6.54 Å². The Kier molecular flexibility index (Phi) is 3.43. The van der Waals surface area contributed by atoms with Crippen molar-refractivity contribution in [2.24, 2.45) is 0 Å². The SMILES string of the molecule is CC(O)(CO)CNS(C)(=O)=O. The fraction of sp³-hybridized carbons (Fsp3) is 1.00. The van der Waals surface area contributed by atoms with E-state index in [4.69, 9.17) is 10.2 Å². The van der Waals surface area contributed by atoms with Crippen LogP contribution < -0.4 is 4.72 Å². The molecule has 0 bridgehead atoms. The van der Waals surface area contributed by atoms with Gasteiger partial charge in [0.25, 0.3) is 0 Å². The fourth-order valence-corrected chi connectivity index (χ4v) is 0.916. The van der Waals surface area contributed by atoms with Gasteiger partial charge in [-0.2, -0.15) is 0 Å². The summed E-state index contributed by atoms with van der Waals surface area (Å²) in [5.41, 5.74) is -1.39. The van der Waals surface area contributed by atoms with Crippen LogP contribution in [0.15, 0.2) is 0 Å². The van der Waals surface area contributed by atoms with Crippen LogP contribution in [0, 0.1) is 0 Å². The molecule has 0 aromatic heterocycles. The van der Waals surface area contributed by atoms with E-state index in [-0.39, 0.29) is 6.54 Å². The average molecular weight is 183 g/mol. The Morgan fingerprint density at radius 1 is 1.55 bits per heavy atom. The van der Waals surface area contributed by atoms with Crippen LogP contribution >= 0.6 is 0 Å². The molecule has 0 rings (SSSR count). The zero-order chi connectivity index (χ0) is 9.12. The number of rotatable bonds is 4. The van der Waals surface area contributed by atoms with Gasteiger partial charge in [0.1, 0.15) is 0 Å². The van der Waals surface area contributed by atoms with Crippen molar-refractivity contribution in [2.75, 3.05) is 19.4 Å². The summed E-state index contributed by atoms with van der Waals surface area (Å²) in [4.78, 5) is 0. The van der Waals surface area contributed by atoms with Crippen molar-refractivity contribution in [3.63, 3.8) is 0 Å². The third kappa shape index (κ3) is 6.24. The number of hydrogen-bond donors (Lipinski definition) is 3. The minimum absolute atomic E-state index is 0.178. The van der Waals surface area contributed by atoms with Gasteiger partial charge in [0.2, 0.25) is 10.0 Å². The molecule has 0 aliphatic heterocycles. The predicted octanol–water partition coefficient (Wildman–Crippen LogP) is -1.72. The van der Waals surface area contributed by atoms with Gasteiger partial charge in [0.05, 0.1) is 18.5 Å². The van der Waals surface area contributed by atoms with E-state index in [2.05, 4.69) is 4.72 Å². The maximum Gasteiger partial charge on any atom is 0.208 e. The summed E-state index contributed by atoms with van der Waals surface area (Å²) in [5, 5.41) is 17.6. The quantitative estimate of drug-likeness (QED) is 0.484. The van der Waals surface area contributed by atoms with Crippen molar-refractivity contribution >= 4 is 10.0 Å². The van der Waals surface area contributed by atoms with Gasteiger partial charge < -0.3 is 10.2 Å². The Hall–Kier alpha value is -0.170. The van der Waals surface area contributed by atoms with Crippen LogP contribution in [0.5, 0.6) is 0 Å². The van der Waals surface area contributed by atoms with Crippen LogP contribution in [0.25, 0.3) is 0 Å². The number of aliphatic hydroxyl groups is 2. The lowest BCUT2D eigenvalue weighted by Crippen LogP contribution is -2.42. The smallest absolute Gasteiger partial charge is 0.208 e. The first-order valence-electron chi connectivity index (χ1n) is 3.05. The summed E-state index contributed by atoms with van der Waals surface area (Å²) in [6.45, 7) is 0.684.